The van der Waals surface area contributed by atoms with Crippen LogP contribution in [0.15, 0.2) is 18.2 Å². The summed E-state index contributed by atoms with van der Waals surface area (Å²) in [5, 5.41) is 0. The Balaban J connectivity index is 2.14. The third-order valence-electron chi connectivity index (χ3n) is 2.97. The van der Waals surface area contributed by atoms with Crippen molar-refractivity contribution in [1.29, 1.82) is 0 Å². The standard InChI is InChI=1S/C13H15F2NO/c1-2-13(17)16(11-5-6-11)8-9-3-4-10(14)7-12(9)15/h3-4,7,11H,2,5-6,8H2,1H3. The van der Waals surface area contributed by atoms with Gasteiger partial charge in [-0.05, 0) is 18.9 Å². The van der Waals surface area contributed by atoms with Crippen LogP contribution in [-0.2, 0) is 11.3 Å². The van der Waals surface area contributed by atoms with Crippen molar-refractivity contribution in [2.45, 2.75) is 38.8 Å². The van der Waals surface area contributed by atoms with Crippen molar-refractivity contribution in [3.8, 4) is 0 Å². The topological polar surface area (TPSA) is 20.3 Å². The first-order valence-electron chi connectivity index (χ1n) is 5.85. The highest BCUT2D eigenvalue weighted by Crippen LogP contribution is 2.29. The molecular formula is C13H15F2NO. The predicted molar refractivity (Wildman–Crippen MR) is 60.2 cm³/mol. The van der Waals surface area contributed by atoms with E-state index in [1.165, 1.54) is 12.1 Å². The van der Waals surface area contributed by atoms with Crippen LogP contribution in [-0.4, -0.2) is 16.8 Å². The Kier molecular flexibility index (Phi) is 3.41. The Morgan fingerprint density at radius 3 is 2.65 bits per heavy atom. The number of rotatable bonds is 4. The summed E-state index contributed by atoms with van der Waals surface area (Å²) in [5.41, 5.74) is 0.375. The fourth-order valence-corrected chi connectivity index (χ4v) is 1.84. The Labute approximate surface area is 99.2 Å². The molecule has 0 spiro atoms. The Hall–Kier alpha value is -1.45. The summed E-state index contributed by atoms with van der Waals surface area (Å²) in [6, 6.07) is 3.73. The van der Waals surface area contributed by atoms with Gasteiger partial charge in [-0.3, -0.25) is 4.79 Å². The summed E-state index contributed by atoms with van der Waals surface area (Å²) in [7, 11) is 0. The molecule has 17 heavy (non-hydrogen) atoms. The number of hydrogen-bond acceptors (Lipinski definition) is 1. The number of nitrogens with zero attached hydrogens (tertiary/aromatic N) is 1. The van der Waals surface area contributed by atoms with Crippen molar-refractivity contribution in [2.24, 2.45) is 0 Å². The second-order valence-electron chi connectivity index (χ2n) is 4.34. The maximum Gasteiger partial charge on any atom is 0.222 e. The van der Waals surface area contributed by atoms with E-state index in [2.05, 4.69) is 0 Å². The number of benzene rings is 1. The molecule has 0 atom stereocenters. The lowest BCUT2D eigenvalue weighted by atomic mass is 10.2. The highest BCUT2D eigenvalue weighted by molar-refractivity contribution is 5.76. The molecule has 1 saturated carbocycles. The van der Waals surface area contributed by atoms with E-state index < -0.39 is 11.6 Å². The third-order valence-corrected chi connectivity index (χ3v) is 2.97. The summed E-state index contributed by atoms with van der Waals surface area (Å²) < 4.78 is 26.2. The van der Waals surface area contributed by atoms with E-state index in [-0.39, 0.29) is 18.5 Å². The summed E-state index contributed by atoms with van der Waals surface area (Å²) in [4.78, 5) is 13.4. The van der Waals surface area contributed by atoms with Crippen molar-refractivity contribution in [3.05, 3.63) is 35.4 Å². The van der Waals surface area contributed by atoms with Crippen LogP contribution in [0.4, 0.5) is 8.78 Å². The largest absolute Gasteiger partial charge is 0.335 e. The van der Waals surface area contributed by atoms with Crippen LogP contribution in [0.5, 0.6) is 0 Å². The molecule has 1 fully saturated rings. The SMILES string of the molecule is CCC(=O)N(Cc1ccc(F)cc1F)C1CC1. The molecule has 0 saturated heterocycles. The van der Waals surface area contributed by atoms with E-state index in [0.29, 0.717) is 12.0 Å². The molecule has 0 unspecified atom stereocenters. The lowest BCUT2D eigenvalue weighted by Crippen LogP contribution is -2.32. The van der Waals surface area contributed by atoms with Gasteiger partial charge in [-0.2, -0.15) is 0 Å². The van der Waals surface area contributed by atoms with Gasteiger partial charge in [0.15, 0.2) is 0 Å². The van der Waals surface area contributed by atoms with E-state index in [4.69, 9.17) is 0 Å². The van der Waals surface area contributed by atoms with Crippen LogP contribution in [0.2, 0.25) is 0 Å². The monoisotopic (exact) mass is 239 g/mol. The zero-order chi connectivity index (χ0) is 12.4. The molecule has 0 N–H and O–H groups in total. The molecule has 2 rings (SSSR count). The highest BCUT2D eigenvalue weighted by atomic mass is 19.1. The average Bonchev–Trinajstić information content (AvgIpc) is 3.11. The summed E-state index contributed by atoms with van der Waals surface area (Å²) >= 11 is 0. The van der Waals surface area contributed by atoms with Gasteiger partial charge in [-0.25, -0.2) is 8.78 Å². The molecule has 1 aromatic carbocycles. The van der Waals surface area contributed by atoms with Crippen LogP contribution in [0.25, 0.3) is 0 Å². The fourth-order valence-electron chi connectivity index (χ4n) is 1.84. The van der Waals surface area contributed by atoms with Gasteiger partial charge >= 0.3 is 0 Å². The third kappa shape index (κ3) is 2.81. The zero-order valence-corrected chi connectivity index (χ0v) is 9.75. The molecule has 1 aromatic rings. The lowest BCUT2D eigenvalue weighted by Gasteiger charge is -2.22. The molecule has 2 nitrogen and oxygen atoms in total. The second-order valence-corrected chi connectivity index (χ2v) is 4.34. The van der Waals surface area contributed by atoms with Crippen LogP contribution in [0, 0.1) is 11.6 Å². The first-order chi connectivity index (χ1) is 8.11. The van der Waals surface area contributed by atoms with Gasteiger partial charge in [0.1, 0.15) is 11.6 Å². The van der Waals surface area contributed by atoms with Gasteiger partial charge in [0.25, 0.3) is 0 Å². The molecular weight excluding hydrogens is 224 g/mol. The number of hydrogen-bond donors (Lipinski definition) is 0. The quantitative estimate of drug-likeness (QED) is 0.791. The minimum atomic E-state index is -0.592. The van der Waals surface area contributed by atoms with Crippen molar-refractivity contribution in [2.75, 3.05) is 0 Å². The lowest BCUT2D eigenvalue weighted by molar-refractivity contribution is -0.132. The van der Waals surface area contributed by atoms with Crippen LogP contribution in [0.1, 0.15) is 31.7 Å². The van der Waals surface area contributed by atoms with E-state index >= 15 is 0 Å². The van der Waals surface area contributed by atoms with Gasteiger partial charge in [-0.1, -0.05) is 13.0 Å². The molecule has 4 heteroatoms. The molecule has 0 aliphatic heterocycles. The maximum atomic E-state index is 13.5. The Morgan fingerprint density at radius 1 is 1.41 bits per heavy atom. The summed E-state index contributed by atoms with van der Waals surface area (Å²) in [5.74, 6) is -1.15. The van der Waals surface area contributed by atoms with Crippen LogP contribution >= 0.6 is 0 Å². The first-order valence-corrected chi connectivity index (χ1v) is 5.85. The minimum Gasteiger partial charge on any atom is -0.335 e. The van der Waals surface area contributed by atoms with Crippen molar-refractivity contribution in [1.82, 2.24) is 4.90 Å². The zero-order valence-electron chi connectivity index (χ0n) is 9.75. The number of carbonyl (C=O) groups is 1. The van der Waals surface area contributed by atoms with E-state index in [9.17, 15) is 13.6 Å². The summed E-state index contributed by atoms with van der Waals surface area (Å²) in [6.45, 7) is 2.03. The molecule has 1 amide bonds. The van der Waals surface area contributed by atoms with Crippen LogP contribution in [0.3, 0.4) is 0 Å². The average molecular weight is 239 g/mol. The minimum absolute atomic E-state index is 0.0243. The normalized spacial score (nSPS) is 14.8. The predicted octanol–water partition coefficient (Wildman–Crippen LogP) is 2.87. The number of halogens is 2. The van der Waals surface area contributed by atoms with Crippen molar-refractivity contribution in [3.63, 3.8) is 0 Å². The Bertz CT molecular complexity index is 429. The van der Waals surface area contributed by atoms with E-state index in [0.717, 1.165) is 18.9 Å². The molecule has 1 aliphatic rings. The fraction of sp³-hybridized carbons (Fsp3) is 0.462. The summed E-state index contributed by atoms with van der Waals surface area (Å²) in [6.07, 6.45) is 2.38. The second kappa shape index (κ2) is 4.82. The smallest absolute Gasteiger partial charge is 0.222 e. The molecule has 0 aromatic heterocycles. The van der Waals surface area contributed by atoms with Crippen molar-refractivity contribution < 1.29 is 13.6 Å². The molecule has 0 bridgehead atoms. The van der Waals surface area contributed by atoms with Gasteiger partial charge in [0.05, 0.1) is 0 Å². The van der Waals surface area contributed by atoms with Crippen LogP contribution < -0.4 is 0 Å². The van der Waals surface area contributed by atoms with Gasteiger partial charge in [0, 0.05) is 30.6 Å². The van der Waals surface area contributed by atoms with E-state index in [1.54, 1.807) is 11.8 Å². The van der Waals surface area contributed by atoms with Crippen molar-refractivity contribution >= 4 is 5.91 Å². The highest BCUT2D eigenvalue weighted by Gasteiger charge is 2.32. The van der Waals surface area contributed by atoms with Gasteiger partial charge in [-0.15, -0.1) is 0 Å². The molecule has 92 valence electrons. The Morgan fingerprint density at radius 2 is 2.12 bits per heavy atom. The molecule has 0 radical (unpaired) electrons. The maximum absolute atomic E-state index is 13.5. The van der Waals surface area contributed by atoms with Gasteiger partial charge < -0.3 is 4.90 Å². The van der Waals surface area contributed by atoms with Gasteiger partial charge in [0.2, 0.25) is 5.91 Å². The number of amides is 1. The first kappa shape index (κ1) is 12.0. The van der Waals surface area contributed by atoms with E-state index in [1.807, 2.05) is 0 Å². The molecule has 0 heterocycles. The molecule has 1 aliphatic carbocycles. The number of carbonyl (C=O) groups excluding carboxylic acids is 1.